The molecule has 0 bridgehead atoms. The van der Waals surface area contributed by atoms with Gasteiger partial charge in [-0.3, -0.25) is 4.79 Å². The van der Waals surface area contributed by atoms with E-state index in [4.69, 9.17) is 19.3 Å². The molecule has 0 radical (unpaired) electrons. The number of carbonyl (C=O) groups is 2. The van der Waals surface area contributed by atoms with Gasteiger partial charge in [0.2, 0.25) is 6.29 Å². The van der Waals surface area contributed by atoms with E-state index in [0.29, 0.717) is 17.9 Å². The topological polar surface area (TPSA) is 114 Å². The fourth-order valence-electron chi connectivity index (χ4n) is 2.33. The Labute approximate surface area is 133 Å². The Morgan fingerprint density at radius 2 is 2.26 bits per heavy atom. The van der Waals surface area contributed by atoms with E-state index in [0.717, 1.165) is 5.56 Å². The van der Waals surface area contributed by atoms with Gasteiger partial charge >= 0.3 is 5.97 Å². The number of nitrogens with one attached hydrogen (secondary N) is 1. The summed E-state index contributed by atoms with van der Waals surface area (Å²) in [5, 5.41) is 21.7. The minimum absolute atomic E-state index is 0.0377. The molecule has 1 fully saturated rings. The summed E-state index contributed by atoms with van der Waals surface area (Å²) >= 11 is 0. The molecular weight excluding hydrogens is 306 g/mol. The third-order valence-electron chi connectivity index (χ3n) is 3.43. The van der Waals surface area contributed by atoms with Gasteiger partial charge in [-0.25, -0.2) is 4.79 Å². The first-order valence-electron chi connectivity index (χ1n) is 7.12. The van der Waals surface area contributed by atoms with Gasteiger partial charge in [-0.1, -0.05) is 6.07 Å². The highest BCUT2D eigenvalue weighted by Crippen LogP contribution is 2.30. The molecular formula is C15H19NO7. The fraction of sp³-hybridized carbons (Fsp3) is 0.467. The predicted octanol–water partition coefficient (Wildman–Crippen LogP) is 0.731. The van der Waals surface area contributed by atoms with Crippen LogP contribution in [0.2, 0.25) is 0 Å². The van der Waals surface area contributed by atoms with Gasteiger partial charge in [0.1, 0.15) is 12.4 Å². The average molecular weight is 325 g/mol. The highest BCUT2D eigenvalue weighted by atomic mass is 16.7. The Bertz CT molecular complexity index is 563. The van der Waals surface area contributed by atoms with E-state index in [1.807, 2.05) is 0 Å². The summed E-state index contributed by atoms with van der Waals surface area (Å²) in [7, 11) is 1.70. The largest absolute Gasteiger partial charge is 0.479 e. The van der Waals surface area contributed by atoms with Crippen molar-refractivity contribution in [2.24, 2.45) is 0 Å². The fourth-order valence-corrected chi connectivity index (χ4v) is 2.33. The maximum Gasteiger partial charge on any atom is 0.333 e. The Hall–Kier alpha value is -2.32. The number of aliphatic carboxylic acids is 1. The van der Waals surface area contributed by atoms with Crippen molar-refractivity contribution in [1.82, 2.24) is 0 Å². The number of aliphatic hydroxyl groups excluding tert-OH is 1. The molecule has 1 saturated heterocycles. The molecule has 0 spiro atoms. The first kappa shape index (κ1) is 17.0. The van der Waals surface area contributed by atoms with Gasteiger partial charge in [0.05, 0.1) is 11.8 Å². The molecule has 3 atom stereocenters. The number of hydrogen-bond acceptors (Lipinski definition) is 7. The Kier molecular flexibility index (Phi) is 5.78. The van der Waals surface area contributed by atoms with Crippen LogP contribution >= 0.6 is 0 Å². The second-order valence-electron chi connectivity index (χ2n) is 5.12. The molecule has 1 heterocycles. The van der Waals surface area contributed by atoms with Crippen molar-refractivity contribution in [3.8, 4) is 5.75 Å². The van der Waals surface area contributed by atoms with E-state index < -0.39 is 24.5 Å². The molecule has 3 unspecified atom stereocenters. The normalized spacial score (nSPS) is 23.8. The lowest BCUT2D eigenvalue weighted by molar-refractivity contribution is -0.195. The van der Waals surface area contributed by atoms with Crippen molar-refractivity contribution >= 4 is 18.1 Å². The molecule has 1 aliphatic heterocycles. The first-order chi connectivity index (χ1) is 11.0. The summed E-state index contributed by atoms with van der Waals surface area (Å²) in [4.78, 5) is 21.2. The summed E-state index contributed by atoms with van der Waals surface area (Å²) in [6.45, 7) is 0.505. The van der Waals surface area contributed by atoms with Crippen LogP contribution in [0.15, 0.2) is 18.2 Å². The Morgan fingerprint density at radius 1 is 1.48 bits per heavy atom. The van der Waals surface area contributed by atoms with Gasteiger partial charge in [-0.2, -0.15) is 0 Å². The lowest BCUT2D eigenvalue weighted by Crippen LogP contribution is -2.42. The van der Waals surface area contributed by atoms with Crippen LogP contribution in [0.1, 0.15) is 18.4 Å². The summed E-state index contributed by atoms with van der Waals surface area (Å²) in [5.74, 6) is -0.682. The molecule has 126 valence electrons. The lowest BCUT2D eigenvalue weighted by Gasteiger charge is -2.31. The van der Waals surface area contributed by atoms with E-state index >= 15 is 0 Å². The number of hydrogen-bond donors (Lipinski definition) is 3. The maximum atomic E-state index is 11.0. The average Bonchev–Trinajstić information content (AvgIpc) is 2.53. The molecule has 1 aliphatic rings. The van der Waals surface area contributed by atoms with E-state index in [2.05, 4.69) is 5.32 Å². The summed E-state index contributed by atoms with van der Waals surface area (Å²) < 4.78 is 15.7. The smallest absolute Gasteiger partial charge is 0.333 e. The monoisotopic (exact) mass is 325 g/mol. The highest BCUT2D eigenvalue weighted by Gasteiger charge is 2.34. The summed E-state index contributed by atoms with van der Waals surface area (Å²) in [6.07, 6.45) is -2.53. The standard InChI is InChI=1S/C15H19NO7/c1-16-11-4-9(7-21-8-17)2-3-12(11)22-14-6-10(18)5-13(23-14)15(19)20/h2-4,8,10,13-14,16,18H,5-7H2,1H3,(H,19,20). The minimum atomic E-state index is -1.13. The lowest BCUT2D eigenvalue weighted by atomic mass is 10.1. The maximum absolute atomic E-state index is 11.0. The van der Waals surface area contributed by atoms with Crippen LogP contribution < -0.4 is 10.1 Å². The van der Waals surface area contributed by atoms with Crippen molar-refractivity contribution in [1.29, 1.82) is 0 Å². The number of ether oxygens (including phenoxy) is 3. The molecule has 2 rings (SSSR count). The zero-order valence-electron chi connectivity index (χ0n) is 12.6. The summed E-state index contributed by atoms with van der Waals surface area (Å²) in [6, 6.07) is 5.12. The Morgan fingerprint density at radius 3 is 2.91 bits per heavy atom. The van der Waals surface area contributed by atoms with Gasteiger partial charge in [-0.15, -0.1) is 0 Å². The molecule has 8 heteroatoms. The van der Waals surface area contributed by atoms with E-state index in [1.54, 1.807) is 25.2 Å². The zero-order chi connectivity index (χ0) is 16.8. The van der Waals surface area contributed by atoms with Gasteiger partial charge in [0, 0.05) is 19.9 Å². The van der Waals surface area contributed by atoms with Crippen molar-refractivity contribution in [3.63, 3.8) is 0 Å². The first-order valence-corrected chi connectivity index (χ1v) is 7.12. The molecule has 1 aromatic carbocycles. The van der Waals surface area contributed by atoms with Gasteiger partial charge in [0.25, 0.3) is 6.47 Å². The quantitative estimate of drug-likeness (QED) is 0.629. The van der Waals surface area contributed by atoms with E-state index in [-0.39, 0.29) is 19.4 Å². The van der Waals surface area contributed by atoms with Crippen molar-refractivity contribution in [2.45, 2.75) is 37.9 Å². The molecule has 3 N–H and O–H groups in total. The number of anilines is 1. The third kappa shape index (κ3) is 4.57. The molecule has 23 heavy (non-hydrogen) atoms. The number of rotatable bonds is 7. The van der Waals surface area contributed by atoms with Crippen molar-refractivity contribution < 1.29 is 34.0 Å². The molecule has 0 aromatic heterocycles. The van der Waals surface area contributed by atoms with Crippen LogP contribution in [0.25, 0.3) is 0 Å². The SMILES string of the molecule is CNc1cc(COC=O)ccc1OC1CC(O)CC(C(=O)O)O1. The molecule has 0 saturated carbocycles. The summed E-state index contributed by atoms with van der Waals surface area (Å²) in [5.41, 5.74) is 1.40. The third-order valence-corrected chi connectivity index (χ3v) is 3.43. The van der Waals surface area contributed by atoms with Gasteiger partial charge in [-0.05, 0) is 17.7 Å². The number of carboxylic acid groups (broad SMARTS) is 1. The second kappa shape index (κ2) is 7.80. The van der Waals surface area contributed by atoms with Crippen molar-refractivity contribution in [3.05, 3.63) is 23.8 Å². The Balaban J connectivity index is 2.09. The number of carbonyl (C=O) groups excluding carboxylic acids is 1. The number of aliphatic hydroxyl groups is 1. The number of carboxylic acids is 1. The van der Waals surface area contributed by atoms with E-state index in [1.165, 1.54) is 0 Å². The van der Waals surface area contributed by atoms with Gasteiger partial charge < -0.3 is 29.7 Å². The van der Waals surface area contributed by atoms with Gasteiger partial charge in [0.15, 0.2) is 6.10 Å². The van der Waals surface area contributed by atoms with Crippen LogP contribution in [-0.4, -0.2) is 48.2 Å². The van der Waals surface area contributed by atoms with Crippen LogP contribution in [0.5, 0.6) is 5.75 Å². The van der Waals surface area contributed by atoms with Crippen LogP contribution in [0.3, 0.4) is 0 Å². The van der Waals surface area contributed by atoms with E-state index in [9.17, 15) is 14.7 Å². The van der Waals surface area contributed by atoms with Crippen molar-refractivity contribution in [2.75, 3.05) is 12.4 Å². The predicted molar refractivity (Wildman–Crippen MR) is 79.0 cm³/mol. The van der Waals surface area contributed by atoms with Crippen LogP contribution in [-0.2, 0) is 25.7 Å². The second-order valence-corrected chi connectivity index (χ2v) is 5.12. The highest BCUT2D eigenvalue weighted by molar-refractivity contribution is 5.72. The van der Waals surface area contributed by atoms with Crippen LogP contribution in [0, 0.1) is 0 Å². The minimum Gasteiger partial charge on any atom is -0.479 e. The molecule has 8 nitrogen and oxygen atoms in total. The zero-order valence-corrected chi connectivity index (χ0v) is 12.6. The molecule has 0 amide bonds. The molecule has 1 aromatic rings. The molecule has 0 aliphatic carbocycles. The number of benzene rings is 1. The van der Waals surface area contributed by atoms with Crippen LogP contribution in [0.4, 0.5) is 5.69 Å².